The van der Waals surface area contributed by atoms with Crippen molar-refractivity contribution >= 4 is 11.7 Å². The number of nitrogens with zero attached hydrogens (tertiary/aromatic N) is 1. The van der Waals surface area contributed by atoms with Crippen molar-refractivity contribution in [1.29, 1.82) is 0 Å². The Labute approximate surface area is 104 Å². The van der Waals surface area contributed by atoms with E-state index in [4.69, 9.17) is 4.74 Å². The topological polar surface area (TPSA) is 69.4 Å². The fraction of sp³-hybridized carbons (Fsp3) is 0.462. The Morgan fingerprint density at radius 3 is 2.44 bits per heavy atom. The summed E-state index contributed by atoms with van der Waals surface area (Å²) < 4.78 is 5.25. The molecule has 2 bridgehead atoms. The predicted molar refractivity (Wildman–Crippen MR) is 63.1 cm³/mol. The number of rotatable bonds is 2. The van der Waals surface area contributed by atoms with Crippen molar-refractivity contribution in [3.8, 4) is 0 Å². The summed E-state index contributed by atoms with van der Waals surface area (Å²) in [7, 11) is 0. The summed E-state index contributed by atoms with van der Waals surface area (Å²) in [6, 6.07) is 6.53. The lowest BCUT2D eigenvalue weighted by Crippen LogP contribution is -2.42. The van der Waals surface area contributed by atoms with Gasteiger partial charge in [0.05, 0.1) is 10.8 Å². The van der Waals surface area contributed by atoms with E-state index in [0.717, 1.165) is 24.8 Å². The van der Waals surface area contributed by atoms with Gasteiger partial charge in [-0.2, -0.15) is 0 Å². The fourth-order valence-electron chi connectivity index (χ4n) is 2.98. The van der Waals surface area contributed by atoms with Gasteiger partial charge in [0.25, 0.3) is 5.69 Å². The second-order valence-electron chi connectivity index (χ2n) is 4.93. The zero-order chi connectivity index (χ0) is 12.7. The molecule has 1 aromatic carbocycles. The molecule has 2 heterocycles. The minimum absolute atomic E-state index is 0.0303. The highest BCUT2D eigenvalue weighted by atomic mass is 16.6. The van der Waals surface area contributed by atoms with Crippen LogP contribution in [-0.2, 0) is 9.53 Å². The minimum Gasteiger partial charge on any atom is -0.462 e. The molecule has 0 N–H and O–H groups in total. The number of benzene rings is 1. The summed E-state index contributed by atoms with van der Waals surface area (Å²) >= 11 is 0. The summed E-state index contributed by atoms with van der Waals surface area (Å²) in [6.45, 7) is 0. The van der Waals surface area contributed by atoms with Gasteiger partial charge in [0.2, 0.25) is 0 Å². The molecule has 3 fully saturated rings. The summed E-state index contributed by atoms with van der Waals surface area (Å²) in [6.07, 6.45) is 2.68. The van der Waals surface area contributed by atoms with Crippen molar-refractivity contribution in [1.82, 2.24) is 0 Å². The first-order valence-corrected chi connectivity index (χ1v) is 6.10. The second kappa shape index (κ2) is 4.08. The molecule has 1 aromatic rings. The van der Waals surface area contributed by atoms with E-state index in [9.17, 15) is 14.9 Å². The molecule has 3 atom stereocenters. The summed E-state index contributed by atoms with van der Waals surface area (Å²) in [5, 5.41) is 10.6. The van der Waals surface area contributed by atoms with Crippen LogP contribution in [0, 0.1) is 16.0 Å². The van der Waals surface area contributed by atoms with E-state index in [0.29, 0.717) is 0 Å². The molecule has 5 heteroatoms. The number of fused-ring (bicyclic) bond motifs is 3. The van der Waals surface area contributed by atoms with E-state index in [1.807, 2.05) is 0 Å². The molecule has 0 aromatic heterocycles. The average Bonchev–Trinajstić information content (AvgIpc) is 2.39. The van der Waals surface area contributed by atoms with E-state index in [1.54, 1.807) is 12.1 Å². The van der Waals surface area contributed by atoms with Crippen LogP contribution in [0.1, 0.15) is 30.7 Å². The van der Waals surface area contributed by atoms with Gasteiger partial charge in [-0.15, -0.1) is 0 Å². The van der Waals surface area contributed by atoms with Crippen LogP contribution in [0.5, 0.6) is 0 Å². The van der Waals surface area contributed by atoms with Gasteiger partial charge in [0, 0.05) is 18.1 Å². The first-order chi connectivity index (χ1) is 8.65. The molecule has 18 heavy (non-hydrogen) atoms. The number of hydrogen-bond donors (Lipinski definition) is 0. The summed E-state index contributed by atoms with van der Waals surface area (Å²) in [5.74, 6) is -0.0249. The van der Waals surface area contributed by atoms with Crippen molar-refractivity contribution in [2.45, 2.75) is 31.3 Å². The molecule has 2 aliphatic heterocycles. The van der Waals surface area contributed by atoms with Crippen molar-refractivity contribution < 1.29 is 14.5 Å². The maximum Gasteiger partial charge on any atom is 0.309 e. The molecule has 94 valence electrons. The SMILES string of the molecule is O=C1O[C@@H]2CC[C@H]1[C@@H](c1ccc([N+](=O)[O-])cc1)C2. The molecule has 0 unspecified atom stereocenters. The van der Waals surface area contributed by atoms with Crippen molar-refractivity contribution in [2.75, 3.05) is 0 Å². The van der Waals surface area contributed by atoms with Crippen LogP contribution in [0.4, 0.5) is 5.69 Å². The van der Waals surface area contributed by atoms with Gasteiger partial charge < -0.3 is 4.74 Å². The monoisotopic (exact) mass is 247 g/mol. The van der Waals surface area contributed by atoms with Crippen LogP contribution >= 0.6 is 0 Å². The average molecular weight is 247 g/mol. The van der Waals surface area contributed by atoms with Gasteiger partial charge in [-0.3, -0.25) is 14.9 Å². The largest absolute Gasteiger partial charge is 0.462 e. The first kappa shape index (κ1) is 11.2. The molecule has 3 aliphatic rings. The van der Waals surface area contributed by atoms with Gasteiger partial charge in [-0.1, -0.05) is 12.1 Å². The van der Waals surface area contributed by atoms with E-state index in [1.165, 1.54) is 12.1 Å². The zero-order valence-corrected chi connectivity index (χ0v) is 9.74. The van der Waals surface area contributed by atoms with Crippen LogP contribution in [0.15, 0.2) is 24.3 Å². The summed E-state index contributed by atoms with van der Waals surface area (Å²) in [5.41, 5.74) is 1.09. The van der Waals surface area contributed by atoms with Crippen LogP contribution in [-0.4, -0.2) is 17.0 Å². The third-order valence-corrected chi connectivity index (χ3v) is 3.92. The van der Waals surface area contributed by atoms with E-state index in [-0.39, 0.29) is 29.6 Å². The minimum atomic E-state index is -0.412. The van der Waals surface area contributed by atoms with Gasteiger partial charge in [0.1, 0.15) is 6.10 Å². The van der Waals surface area contributed by atoms with Crippen LogP contribution in [0.2, 0.25) is 0 Å². The Balaban J connectivity index is 1.86. The second-order valence-corrected chi connectivity index (χ2v) is 4.93. The maximum absolute atomic E-state index is 11.7. The highest BCUT2D eigenvalue weighted by Gasteiger charge is 2.43. The fourth-order valence-corrected chi connectivity index (χ4v) is 2.98. The first-order valence-electron chi connectivity index (χ1n) is 6.10. The molecule has 5 nitrogen and oxygen atoms in total. The van der Waals surface area contributed by atoms with Gasteiger partial charge in [-0.05, 0) is 24.8 Å². The predicted octanol–water partition coefficient (Wildman–Crippen LogP) is 2.40. The molecule has 1 saturated carbocycles. The highest BCUT2D eigenvalue weighted by Crippen LogP contribution is 2.44. The Hall–Kier alpha value is -1.91. The number of nitro benzene ring substituents is 1. The number of esters is 1. The molecular formula is C13H13NO4. The molecule has 1 aliphatic carbocycles. The zero-order valence-electron chi connectivity index (χ0n) is 9.74. The van der Waals surface area contributed by atoms with Gasteiger partial charge in [0.15, 0.2) is 0 Å². The third-order valence-electron chi connectivity index (χ3n) is 3.92. The normalized spacial score (nSPS) is 30.0. The van der Waals surface area contributed by atoms with Crippen LogP contribution in [0.3, 0.4) is 0 Å². The molecule has 0 radical (unpaired) electrons. The quantitative estimate of drug-likeness (QED) is 0.457. The summed E-state index contributed by atoms with van der Waals surface area (Å²) in [4.78, 5) is 21.9. The maximum atomic E-state index is 11.7. The Bertz CT molecular complexity index is 496. The molecule has 0 spiro atoms. The molecule has 4 rings (SSSR count). The van der Waals surface area contributed by atoms with Crippen molar-refractivity contribution in [2.24, 2.45) is 5.92 Å². The highest BCUT2D eigenvalue weighted by molar-refractivity contribution is 5.75. The Kier molecular flexibility index (Phi) is 2.54. The van der Waals surface area contributed by atoms with Crippen LogP contribution in [0.25, 0.3) is 0 Å². The molecule has 0 amide bonds. The van der Waals surface area contributed by atoms with Gasteiger partial charge >= 0.3 is 5.97 Å². The number of carbonyl (C=O) groups is 1. The number of carbonyl (C=O) groups excluding carboxylic acids is 1. The van der Waals surface area contributed by atoms with E-state index >= 15 is 0 Å². The standard InChI is InChI=1S/C13H13NO4/c15-13-11-6-5-10(18-13)7-12(11)8-1-3-9(4-2-8)14(16)17/h1-4,10-12H,5-7H2/t10-,11+,12-/m1/s1. The Morgan fingerprint density at radius 1 is 1.17 bits per heavy atom. The molecule has 2 saturated heterocycles. The molecular weight excluding hydrogens is 234 g/mol. The van der Waals surface area contributed by atoms with Crippen LogP contribution < -0.4 is 0 Å². The van der Waals surface area contributed by atoms with Gasteiger partial charge in [-0.25, -0.2) is 0 Å². The van der Waals surface area contributed by atoms with E-state index in [2.05, 4.69) is 0 Å². The number of ether oxygens (including phenoxy) is 1. The lowest BCUT2D eigenvalue weighted by Gasteiger charge is -2.41. The van der Waals surface area contributed by atoms with E-state index < -0.39 is 4.92 Å². The van der Waals surface area contributed by atoms with Crippen molar-refractivity contribution in [3.05, 3.63) is 39.9 Å². The Morgan fingerprint density at radius 2 is 1.89 bits per heavy atom. The smallest absolute Gasteiger partial charge is 0.309 e. The number of nitro groups is 1. The number of non-ortho nitro benzene ring substituents is 1. The lowest BCUT2D eigenvalue weighted by molar-refractivity contribution is -0.384. The van der Waals surface area contributed by atoms with Crippen molar-refractivity contribution in [3.63, 3.8) is 0 Å². The lowest BCUT2D eigenvalue weighted by atomic mass is 9.72. The third kappa shape index (κ3) is 1.75. The number of hydrogen-bond acceptors (Lipinski definition) is 4.